The van der Waals surface area contributed by atoms with Crippen molar-refractivity contribution >= 4 is 5.69 Å². The van der Waals surface area contributed by atoms with Crippen molar-refractivity contribution in [1.82, 2.24) is 15.5 Å². The molecule has 1 aromatic heterocycles. The number of aromatic nitrogens is 2. The molecule has 25 heavy (non-hydrogen) atoms. The van der Waals surface area contributed by atoms with Gasteiger partial charge in [-0.1, -0.05) is 12.1 Å². The lowest BCUT2D eigenvalue weighted by molar-refractivity contribution is 0.145. The summed E-state index contributed by atoms with van der Waals surface area (Å²) in [5.41, 5.74) is 1.90. The van der Waals surface area contributed by atoms with Gasteiger partial charge < -0.3 is 19.8 Å². The summed E-state index contributed by atoms with van der Waals surface area (Å²) in [5, 5.41) is 16.9. The van der Waals surface area contributed by atoms with Crippen LogP contribution in [0.4, 0.5) is 10.1 Å². The lowest BCUT2D eigenvalue weighted by atomic mass is 10.0. The smallest absolute Gasteiger partial charge is 0.240 e. The highest BCUT2D eigenvalue weighted by Crippen LogP contribution is 2.29. The molecule has 1 atom stereocenters. The first kappa shape index (κ1) is 17.8. The Morgan fingerprint density at radius 2 is 2.16 bits per heavy atom. The van der Waals surface area contributed by atoms with Gasteiger partial charge in [-0.2, -0.15) is 4.98 Å². The molecule has 2 N–H and O–H groups in total. The number of hydrogen-bond acceptors (Lipinski definition) is 6. The number of nitrogens with zero attached hydrogens (tertiary/aromatic N) is 3. The van der Waals surface area contributed by atoms with Crippen molar-refractivity contribution in [1.29, 1.82) is 0 Å². The SMILES string of the molecule is CCc1noc(CNC(C)c2cc(F)ccc2N2CCC(O)CC2)n1. The minimum absolute atomic E-state index is 0.0745. The second kappa shape index (κ2) is 7.93. The molecule has 1 aromatic carbocycles. The number of rotatable bonds is 6. The number of hydrogen-bond donors (Lipinski definition) is 2. The first-order chi connectivity index (χ1) is 12.1. The number of aliphatic hydroxyl groups excluding tert-OH is 1. The van der Waals surface area contributed by atoms with E-state index in [1.807, 2.05) is 19.9 Å². The van der Waals surface area contributed by atoms with Crippen molar-refractivity contribution in [2.24, 2.45) is 0 Å². The summed E-state index contributed by atoms with van der Waals surface area (Å²) in [6.45, 7) is 5.95. The highest BCUT2D eigenvalue weighted by Gasteiger charge is 2.22. The third-order valence-corrected chi connectivity index (χ3v) is 4.65. The molecule has 0 aliphatic carbocycles. The highest BCUT2D eigenvalue weighted by atomic mass is 19.1. The van der Waals surface area contributed by atoms with Crippen LogP contribution in [0.15, 0.2) is 22.7 Å². The van der Waals surface area contributed by atoms with E-state index in [-0.39, 0.29) is 18.0 Å². The maximum absolute atomic E-state index is 13.8. The fourth-order valence-corrected chi connectivity index (χ4v) is 3.12. The van der Waals surface area contributed by atoms with Crippen LogP contribution in [-0.4, -0.2) is 34.4 Å². The maximum Gasteiger partial charge on any atom is 0.240 e. The van der Waals surface area contributed by atoms with Gasteiger partial charge in [0.05, 0.1) is 12.6 Å². The average molecular weight is 348 g/mol. The van der Waals surface area contributed by atoms with Crippen LogP contribution in [0.5, 0.6) is 0 Å². The Morgan fingerprint density at radius 1 is 1.40 bits per heavy atom. The molecule has 1 fully saturated rings. The Labute approximate surface area is 147 Å². The molecule has 0 amide bonds. The van der Waals surface area contributed by atoms with Gasteiger partial charge in [0.1, 0.15) is 5.82 Å². The summed E-state index contributed by atoms with van der Waals surface area (Å²) < 4.78 is 19.0. The Hall–Kier alpha value is -1.99. The van der Waals surface area contributed by atoms with Crippen LogP contribution in [0, 0.1) is 5.82 Å². The average Bonchev–Trinajstić information content (AvgIpc) is 3.08. The van der Waals surface area contributed by atoms with Crippen LogP contribution in [0.1, 0.15) is 50.0 Å². The second-order valence-corrected chi connectivity index (χ2v) is 6.48. The summed E-state index contributed by atoms with van der Waals surface area (Å²) in [5.74, 6) is 0.959. The lowest BCUT2D eigenvalue weighted by Crippen LogP contribution is -2.37. The van der Waals surface area contributed by atoms with Crippen LogP contribution in [0.2, 0.25) is 0 Å². The minimum Gasteiger partial charge on any atom is -0.393 e. The van der Waals surface area contributed by atoms with Gasteiger partial charge in [-0.25, -0.2) is 4.39 Å². The van der Waals surface area contributed by atoms with Gasteiger partial charge in [0.2, 0.25) is 5.89 Å². The van der Waals surface area contributed by atoms with Crippen molar-refractivity contribution < 1.29 is 14.0 Å². The van der Waals surface area contributed by atoms with Gasteiger partial charge >= 0.3 is 0 Å². The number of aryl methyl sites for hydroxylation is 1. The minimum atomic E-state index is -0.254. The summed E-state index contributed by atoms with van der Waals surface area (Å²) in [6, 6.07) is 4.81. The Bertz CT molecular complexity index is 698. The monoisotopic (exact) mass is 348 g/mol. The summed E-state index contributed by atoms with van der Waals surface area (Å²) in [7, 11) is 0. The third-order valence-electron chi connectivity index (χ3n) is 4.65. The molecule has 7 heteroatoms. The third kappa shape index (κ3) is 4.35. The largest absolute Gasteiger partial charge is 0.393 e. The standard InChI is InChI=1S/C18H25FN4O2/c1-3-17-21-18(25-22-17)11-20-12(2)15-10-13(19)4-5-16(15)23-8-6-14(24)7-9-23/h4-5,10,12,14,20,24H,3,6-9,11H2,1-2H3. The fourth-order valence-electron chi connectivity index (χ4n) is 3.12. The van der Waals surface area contributed by atoms with Crippen LogP contribution >= 0.6 is 0 Å². The quantitative estimate of drug-likeness (QED) is 0.836. The Morgan fingerprint density at radius 3 is 2.84 bits per heavy atom. The van der Waals surface area contributed by atoms with Gasteiger partial charge in [0, 0.05) is 31.2 Å². The molecule has 1 aliphatic heterocycles. The van der Waals surface area contributed by atoms with E-state index in [1.54, 1.807) is 6.07 Å². The number of piperidine rings is 1. The van der Waals surface area contributed by atoms with Gasteiger partial charge in [0.15, 0.2) is 5.82 Å². The lowest BCUT2D eigenvalue weighted by Gasteiger charge is -2.34. The van der Waals surface area contributed by atoms with Crippen molar-refractivity contribution in [2.45, 2.75) is 51.8 Å². The maximum atomic E-state index is 13.8. The number of benzene rings is 1. The highest BCUT2D eigenvalue weighted by molar-refractivity contribution is 5.55. The van der Waals surface area contributed by atoms with Gasteiger partial charge in [0.25, 0.3) is 0 Å². The van der Waals surface area contributed by atoms with Crippen molar-refractivity contribution in [3.8, 4) is 0 Å². The number of anilines is 1. The molecule has 1 saturated heterocycles. The van der Waals surface area contributed by atoms with E-state index in [0.29, 0.717) is 18.3 Å². The Balaban J connectivity index is 1.72. The van der Waals surface area contributed by atoms with Crippen molar-refractivity contribution in [3.63, 3.8) is 0 Å². The van der Waals surface area contributed by atoms with E-state index in [4.69, 9.17) is 4.52 Å². The fraction of sp³-hybridized carbons (Fsp3) is 0.556. The summed E-state index contributed by atoms with van der Waals surface area (Å²) in [4.78, 5) is 6.49. The molecule has 2 aromatic rings. The molecule has 0 bridgehead atoms. The molecule has 3 rings (SSSR count). The predicted octanol–water partition coefficient (Wildman–Crippen LogP) is 2.58. The zero-order valence-corrected chi connectivity index (χ0v) is 14.7. The first-order valence-electron chi connectivity index (χ1n) is 8.84. The molecule has 0 spiro atoms. The molecule has 1 unspecified atom stereocenters. The summed E-state index contributed by atoms with van der Waals surface area (Å²) >= 11 is 0. The molecular weight excluding hydrogens is 323 g/mol. The van der Waals surface area contributed by atoms with E-state index < -0.39 is 0 Å². The summed E-state index contributed by atoms with van der Waals surface area (Å²) in [6.07, 6.45) is 1.97. The molecule has 2 heterocycles. The van der Waals surface area contributed by atoms with Crippen molar-refractivity contribution in [3.05, 3.63) is 41.3 Å². The number of halogens is 1. The van der Waals surface area contributed by atoms with Crippen LogP contribution in [0.25, 0.3) is 0 Å². The molecule has 1 aliphatic rings. The zero-order chi connectivity index (χ0) is 17.8. The number of aliphatic hydroxyl groups is 1. The van der Waals surface area contributed by atoms with E-state index in [0.717, 1.165) is 43.6 Å². The molecular formula is C18H25FN4O2. The van der Waals surface area contributed by atoms with Gasteiger partial charge in [-0.05, 0) is 43.5 Å². The zero-order valence-electron chi connectivity index (χ0n) is 14.7. The van der Waals surface area contributed by atoms with Crippen LogP contribution in [-0.2, 0) is 13.0 Å². The normalized spacial score (nSPS) is 17.0. The molecule has 0 saturated carbocycles. The topological polar surface area (TPSA) is 74.4 Å². The van der Waals surface area contributed by atoms with Gasteiger partial charge in [-0.15, -0.1) is 0 Å². The second-order valence-electron chi connectivity index (χ2n) is 6.48. The van der Waals surface area contributed by atoms with E-state index in [2.05, 4.69) is 20.4 Å². The Kier molecular flexibility index (Phi) is 5.65. The van der Waals surface area contributed by atoms with Gasteiger partial charge in [-0.3, -0.25) is 0 Å². The predicted molar refractivity (Wildman–Crippen MR) is 92.8 cm³/mol. The van der Waals surface area contributed by atoms with Crippen LogP contribution in [0.3, 0.4) is 0 Å². The molecule has 6 nitrogen and oxygen atoms in total. The number of nitrogens with one attached hydrogen (secondary N) is 1. The van der Waals surface area contributed by atoms with E-state index >= 15 is 0 Å². The molecule has 0 radical (unpaired) electrons. The first-order valence-corrected chi connectivity index (χ1v) is 8.84. The van der Waals surface area contributed by atoms with Crippen LogP contribution < -0.4 is 10.2 Å². The van der Waals surface area contributed by atoms with Crippen molar-refractivity contribution in [2.75, 3.05) is 18.0 Å². The van der Waals surface area contributed by atoms with E-state index in [9.17, 15) is 9.50 Å². The molecule has 136 valence electrons. The van der Waals surface area contributed by atoms with E-state index in [1.165, 1.54) is 6.07 Å².